The largest absolute Gasteiger partial charge is 0.340 e. The van der Waals surface area contributed by atoms with Crippen LogP contribution in [0.25, 0.3) is 5.69 Å². The standard InChI is InChI=1S/C23H28N6O/c1-17-6-2-3-11-28(17)23-25-21-16-27(13-9-20(21)22(30)26-23)15-19-8-5-12-29(19)18-7-4-10-24-14-18/h4-5,7-8,10,12,14,17H,2-3,6,9,11,13,15-16H2,1H3,(H,25,26,30)/t17-/m0/s1. The molecule has 0 radical (unpaired) electrons. The van der Waals surface area contributed by atoms with Gasteiger partial charge >= 0.3 is 0 Å². The first-order chi connectivity index (χ1) is 14.7. The predicted octanol–water partition coefficient (Wildman–Crippen LogP) is 2.89. The van der Waals surface area contributed by atoms with Crippen LogP contribution in [0.1, 0.15) is 43.1 Å². The lowest BCUT2D eigenvalue weighted by atomic mass is 10.0. The van der Waals surface area contributed by atoms with Gasteiger partial charge in [0.1, 0.15) is 0 Å². The molecule has 2 aliphatic rings. The maximum atomic E-state index is 12.7. The first-order valence-electron chi connectivity index (χ1n) is 10.9. The Morgan fingerprint density at radius 1 is 1.20 bits per heavy atom. The molecular weight excluding hydrogens is 376 g/mol. The number of piperidine rings is 1. The lowest BCUT2D eigenvalue weighted by molar-refractivity contribution is 0.236. The molecular formula is C23H28N6O. The van der Waals surface area contributed by atoms with Gasteiger partial charge in [0.15, 0.2) is 0 Å². The van der Waals surface area contributed by atoms with E-state index in [0.717, 1.165) is 61.8 Å². The molecule has 3 aromatic heterocycles. The van der Waals surface area contributed by atoms with Gasteiger partial charge in [0.2, 0.25) is 5.95 Å². The van der Waals surface area contributed by atoms with Crippen molar-refractivity contribution in [2.24, 2.45) is 0 Å². The summed E-state index contributed by atoms with van der Waals surface area (Å²) in [6.45, 7) is 5.55. The van der Waals surface area contributed by atoms with E-state index in [1.165, 1.54) is 12.1 Å². The minimum absolute atomic E-state index is 0.0335. The molecule has 5 heterocycles. The molecule has 2 aliphatic heterocycles. The second-order valence-electron chi connectivity index (χ2n) is 8.39. The SMILES string of the molecule is C[C@H]1CCCCN1c1nc2c(c(=O)[nH]1)CCN(Cc1cccn1-c1cccnc1)C2. The molecule has 156 valence electrons. The molecule has 0 aliphatic carbocycles. The Kier molecular flexibility index (Phi) is 5.12. The van der Waals surface area contributed by atoms with Crippen molar-refractivity contribution >= 4 is 5.95 Å². The van der Waals surface area contributed by atoms with Crippen molar-refractivity contribution in [2.75, 3.05) is 18.0 Å². The Morgan fingerprint density at radius 2 is 2.13 bits per heavy atom. The fourth-order valence-electron chi connectivity index (χ4n) is 4.69. The van der Waals surface area contributed by atoms with E-state index in [9.17, 15) is 4.79 Å². The normalized spacial score (nSPS) is 19.6. The number of aromatic nitrogens is 4. The fourth-order valence-corrected chi connectivity index (χ4v) is 4.69. The fraction of sp³-hybridized carbons (Fsp3) is 0.435. The minimum atomic E-state index is 0.0335. The van der Waals surface area contributed by atoms with Gasteiger partial charge in [-0.05, 0) is 56.9 Å². The zero-order chi connectivity index (χ0) is 20.5. The molecule has 0 unspecified atom stereocenters. The average molecular weight is 405 g/mol. The van der Waals surface area contributed by atoms with Crippen molar-refractivity contribution in [2.45, 2.75) is 51.7 Å². The van der Waals surface area contributed by atoms with Crippen molar-refractivity contribution in [1.82, 2.24) is 24.4 Å². The van der Waals surface area contributed by atoms with E-state index in [-0.39, 0.29) is 5.56 Å². The highest BCUT2D eigenvalue weighted by Crippen LogP contribution is 2.24. The van der Waals surface area contributed by atoms with Gasteiger partial charge in [0.05, 0.1) is 17.6 Å². The number of nitrogens with one attached hydrogen (secondary N) is 1. The van der Waals surface area contributed by atoms with Crippen LogP contribution >= 0.6 is 0 Å². The number of rotatable bonds is 4. The maximum Gasteiger partial charge on any atom is 0.255 e. The van der Waals surface area contributed by atoms with Crippen LogP contribution in [0.2, 0.25) is 0 Å². The second kappa shape index (κ2) is 8.07. The second-order valence-corrected chi connectivity index (χ2v) is 8.39. The highest BCUT2D eigenvalue weighted by molar-refractivity contribution is 5.36. The lowest BCUT2D eigenvalue weighted by Gasteiger charge is -2.35. The number of hydrogen-bond acceptors (Lipinski definition) is 5. The molecule has 0 bridgehead atoms. The van der Waals surface area contributed by atoms with Gasteiger partial charge in [0, 0.05) is 55.9 Å². The number of pyridine rings is 1. The predicted molar refractivity (Wildman–Crippen MR) is 117 cm³/mol. The molecule has 0 aromatic carbocycles. The summed E-state index contributed by atoms with van der Waals surface area (Å²) in [5.74, 6) is 0.742. The third kappa shape index (κ3) is 3.65. The highest BCUT2D eigenvalue weighted by Gasteiger charge is 2.25. The van der Waals surface area contributed by atoms with Crippen LogP contribution in [-0.4, -0.2) is 43.6 Å². The van der Waals surface area contributed by atoms with E-state index < -0.39 is 0 Å². The Balaban J connectivity index is 1.38. The van der Waals surface area contributed by atoms with Gasteiger partial charge in [-0.15, -0.1) is 0 Å². The van der Waals surface area contributed by atoms with Gasteiger partial charge in [-0.2, -0.15) is 0 Å². The van der Waals surface area contributed by atoms with E-state index in [2.05, 4.69) is 55.7 Å². The van der Waals surface area contributed by atoms with Crippen LogP contribution in [0.3, 0.4) is 0 Å². The molecule has 0 amide bonds. The number of anilines is 1. The van der Waals surface area contributed by atoms with Crippen LogP contribution in [0.15, 0.2) is 47.7 Å². The molecule has 1 atom stereocenters. The quantitative estimate of drug-likeness (QED) is 0.724. The van der Waals surface area contributed by atoms with Crippen molar-refractivity contribution < 1.29 is 0 Å². The Labute approximate surface area is 176 Å². The Bertz CT molecular complexity index is 1070. The molecule has 1 saturated heterocycles. The van der Waals surface area contributed by atoms with Crippen molar-refractivity contribution in [3.05, 3.63) is 70.2 Å². The summed E-state index contributed by atoms with van der Waals surface area (Å²) in [5, 5.41) is 0. The molecule has 1 N–H and O–H groups in total. The number of fused-ring (bicyclic) bond motifs is 1. The molecule has 7 heteroatoms. The Morgan fingerprint density at radius 3 is 2.97 bits per heavy atom. The summed E-state index contributed by atoms with van der Waals surface area (Å²) in [6, 6.07) is 8.65. The van der Waals surface area contributed by atoms with Crippen LogP contribution in [0, 0.1) is 0 Å². The van der Waals surface area contributed by atoms with Crippen molar-refractivity contribution in [1.29, 1.82) is 0 Å². The zero-order valence-corrected chi connectivity index (χ0v) is 17.4. The van der Waals surface area contributed by atoms with Gasteiger partial charge in [-0.3, -0.25) is 19.7 Å². The molecule has 30 heavy (non-hydrogen) atoms. The van der Waals surface area contributed by atoms with Gasteiger partial charge in [-0.1, -0.05) is 0 Å². The number of nitrogens with zero attached hydrogens (tertiary/aromatic N) is 5. The van der Waals surface area contributed by atoms with Crippen LogP contribution in [-0.2, 0) is 19.5 Å². The number of aromatic amines is 1. The third-order valence-electron chi connectivity index (χ3n) is 6.36. The molecule has 7 nitrogen and oxygen atoms in total. The maximum absolute atomic E-state index is 12.7. The minimum Gasteiger partial charge on any atom is -0.340 e. The van der Waals surface area contributed by atoms with Gasteiger partial charge in [0.25, 0.3) is 5.56 Å². The zero-order valence-electron chi connectivity index (χ0n) is 17.4. The number of hydrogen-bond donors (Lipinski definition) is 1. The summed E-state index contributed by atoms with van der Waals surface area (Å²) >= 11 is 0. The highest BCUT2D eigenvalue weighted by atomic mass is 16.1. The van der Waals surface area contributed by atoms with Crippen LogP contribution < -0.4 is 10.5 Å². The van der Waals surface area contributed by atoms with E-state index >= 15 is 0 Å². The molecule has 0 saturated carbocycles. The van der Waals surface area contributed by atoms with Crippen molar-refractivity contribution in [3.63, 3.8) is 0 Å². The van der Waals surface area contributed by atoms with Gasteiger partial charge in [-0.25, -0.2) is 4.98 Å². The first kappa shape index (κ1) is 19.1. The monoisotopic (exact) mass is 404 g/mol. The summed E-state index contributed by atoms with van der Waals surface area (Å²) in [7, 11) is 0. The molecule has 3 aromatic rings. The van der Waals surface area contributed by atoms with Crippen LogP contribution in [0.5, 0.6) is 0 Å². The molecule has 0 spiro atoms. The molecule has 5 rings (SSSR count). The lowest BCUT2D eigenvalue weighted by Crippen LogP contribution is -2.41. The average Bonchev–Trinajstić information content (AvgIpc) is 3.22. The summed E-state index contributed by atoms with van der Waals surface area (Å²) < 4.78 is 2.18. The topological polar surface area (TPSA) is 70.1 Å². The summed E-state index contributed by atoms with van der Waals surface area (Å²) in [5.41, 5.74) is 4.08. The van der Waals surface area contributed by atoms with E-state index in [1.807, 2.05) is 12.3 Å². The van der Waals surface area contributed by atoms with E-state index in [4.69, 9.17) is 4.98 Å². The third-order valence-corrected chi connectivity index (χ3v) is 6.36. The van der Waals surface area contributed by atoms with Gasteiger partial charge < -0.3 is 9.47 Å². The Hall–Kier alpha value is -2.93. The summed E-state index contributed by atoms with van der Waals surface area (Å²) in [4.78, 5) is 29.6. The van der Waals surface area contributed by atoms with E-state index in [0.29, 0.717) is 12.6 Å². The summed E-state index contributed by atoms with van der Waals surface area (Å²) in [6.07, 6.45) is 10.0. The number of H-pyrrole nitrogens is 1. The van der Waals surface area contributed by atoms with Crippen LogP contribution in [0.4, 0.5) is 5.95 Å². The van der Waals surface area contributed by atoms with Crippen molar-refractivity contribution in [3.8, 4) is 5.69 Å². The molecule has 1 fully saturated rings. The van der Waals surface area contributed by atoms with E-state index in [1.54, 1.807) is 6.20 Å². The first-order valence-corrected chi connectivity index (χ1v) is 10.9. The smallest absolute Gasteiger partial charge is 0.255 e.